The van der Waals surface area contributed by atoms with Crippen molar-refractivity contribution in [1.82, 2.24) is 19.8 Å². The van der Waals surface area contributed by atoms with E-state index in [0.717, 1.165) is 17.7 Å². The molecule has 0 atom stereocenters. The molecule has 0 unspecified atom stereocenters. The minimum atomic E-state index is -0.171. The van der Waals surface area contributed by atoms with Crippen LogP contribution in [0.25, 0.3) is 0 Å². The van der Waals surface area contributed by atoms with Crippen LogP contribution in [0.4, 0.5) is 0 Å². The van der Waals surface area contributed by atoms with Crippen molar-refractivity contribution in [3.05, 3.63) is 48.0 Å². The van der Waals surface area contributed by atoms with E-state index in [9.17, 15) is 4.79 Å². The first kappa shape index (κ1) is 13.0. The number of hydrogen-bond donors (Lipinski definition) is 0. The molecule has 21 heavy (non-hydrogen) atoms. The molecule has 1 aliphatic rings. The molecular weight excluding hydrogens is 268 g/mol. The number of rotatable bonds is 3. The molecule has 0 fully saturated rings. The van der Waals surface area contributed by atoms with Crippen LogP contribution in [0.1, 0.15) is 17.8 Å². The molecule has 1 aliphatic heterocycles. The molecule has 0 N–H and O–H groups in total. The smallest absolute Gasteiger partial charge is 0.264 e. The lowest BCUT2D eigenvalue weighted by Crippen LogP contribution is -2.27. The SMILES string of the molecule is N#Cc1ncn(CC(=O)N2CCC(c3ccccc3)=N2)n1. The standard InChI is InChI=1S/C14H12N6O/c15-8-13-16-10-19(18-13)9-14(21)20-7-6-12(17-20)11-4-2-1-3-5-11/h1-5,10H,6-7,9H2. The van der Waals surface area contributed by atoms with Gasteiger partial charge in [0.25, 0.3) is 11.7 Å². The third-order valence-corrected chi connectivity index (χ3v) is 3.13. The van der Waals surface area contributed by atoms with Gasteiger partial charge in [-0.2, -0.15) is 10.4 Å². The maximum absolute atomic E-state index is 12.1. The van der Waals surface area contributed by atoms with Crippen molar-refractivity contribution in [2.24, 2.45) is 5.10 Å². The Hall–Kier alpha value is -3.01. The van der Waals surface area contributed by atoms with E-state index in [2.05, 4.69) is 15.2 Å². The Morgan fingerprint density at radius 1 is 1.33 bits per heavy atom. The zero-order valence-corrected chi connectivity index (χ0v) is 11.2. The number of hydrazone groups is 1. The van der Waals surface area contributed by atoms with E-state index in [0.29, 0.717) is 6.54 Å². The number of benzene rings is 1. The normalized spacial score (nSPS) is 13.9. The van der Waals surface area contributed by atoms with E-state index in [1.54, 1.807) is 0 Å². The van der Waals surface area contributed by atoms with Gasteiger partial charge in [-0.25, -0.2) is 14.7 Å². The lowest BCUT2D eigenvalue weighted by molar-refractivity contribution is -0.131. The summed E-state index contributed by atoms with van der Waals surface area (Å²) in [5, 5.41) is 18.3. The summed E-state index contributed by atoms with van der Waals surface area (Å²) >= 11 is 0. The summed E-state index contributed by atoms with van der Waals surface area (Å²) in [6, 6.07) is 11.6. The highest BCUT2D eigenvalue weighted by Gasteiger charge is 2.21. The average molecular weight is 280 g/mol. The third-order valence-electron chi connectivity index (χ3n) is 3.13. The second-order valence-electron chi connectivity index (χ2n) is 4.56. The van der Waals surface area contributed by atoms with Gasteiger partial charge >= 0.3 is 0 Å². The van der Waals surface area contributed by atoms with Gasteiger partial charge in [0.15, 0.2) is 0 Å². The molecule has 1 amide bonds. The zero-order valence-electron chi connectivity index (χ0n) is 11.2. The Morgan fingerprint density at radius 2 is 2.14 bits per heavy atom. The van der Waals surface area contributed by atoms with Gasteiger partial charge in [0.05, 0.1) is 12.3 Å². The van der Waals surface area contributed by atoms with Crippen LogP contribution in [0.5, 0.6) is 0 Å². The number of carbonyl (C=O) groups is 1. The molecule has 7 heteroatoms. The van der Waals surface area contributed by atoms with Crippen LogP contribution in [-0.2, 0) is 11.3 Å². The molecule has 0 bridgehead atoms. The van der Waals surface area contributed by atoms with Crippen molar-refractivity contribution in [2.45, 2.75) is 13.0 Å². The van der Waals surface area contributed by atoms with Crippen LogP contribution >= 0.6 is 0 Å². The summed E-state index contributed by atoms with van der Waals surface area (Å²) in [6.45, 7) is 0.586. The van der Waals surface area contributed by atoms with Crippen molar-refractivity contribution in [3.8, 4) is 6.07 Å². The fourth-order valence-corrected chi connectivity index (χ4v) is 2.11. The maximum atomic E-state index is 12.1. The van der Waals surface area contributed by atoms with Gasteiger partial charge < -0.3 is 0 Å². The van der Waals surface area contributed by atoms with Crippen LogP contribution in [0.3, 0.4) is 0 Å². The minimum Gasteiger partial charge on any atom is -0.271 e. The molecule has 0 saturated carbocycles. The molecule has 2 aromatic rings. The van der Waals surface area contributed by atoms with Crippen LogP contribution < -0.4 is 0 Å². The molecule has 104 valence electrons. The maximum Gasteiger partial charge on any atom is 0.264 e. The van der Waals surface area contributed by atoms with E-state index >= 15 is 0 Å². The van der Waals surface area contributed by atoms with Crippen molar-refractivity contribution >= 4 is 11.6 Å². The van der Waals surface area contributed by atoms with Crippen LogP contribution in [0.2, 0.25) is 0 Å². The first-order valence-corrected chi connectivity index (χ1v) is 6.49. The van der Waals surface area contributed by atoms with Crippen molar-refractivity contribution in [2.75, 3.05) is 6.54 Å². The second-order valence-corrected chi connectivity index (χ2v) is 4.56. The lowest BCUT2D eigenvalue weighted by Gasteiger charge is -2.10. The van der Waals surface area contributed by atoms with Crippen LogP contribution in [0, 0.1) is 11.3 Å². The van der Waals surface area contributed by atoms with E-state index in [1.807, 2.05) is 36.4 Å². The summed E-state index contributed by atoms with van der Waals surface area (Å²) in [5.74, 6) is -0.118. The highest BCUT2D eigenvalue weighted by molar-refractivity contribution is 6.02. The van der Waals surface area contributed by atoms with Gasteiger partial charge in [-0.05, 0) is 5.56 Å². The van der Waals surface area contributed by atoms with Crippen molar-refractivity contribution < 1.29 is 4.79 Å². The number of nitriles is 1. The van der Waals surface area contributed by atoms with E-state index in [1.165, 1.54) is 16.0 Å². The quantitative estimate of drug-likeness (QED) is 0.831. The lowest BCUT2D eigenvalue weighted by atomic mass is 10.1. The van der Waals surface area contributed by atoms with E-state index in [4.69, 9.17) is 5.26 Å². The van der Waals surface area contributed by atoms with Crippen LogP contribution in [0.15, 0.2) is 41.8 Å². The summed E-state index contributed by atoms with van der Waals surface area (Å²) < 4.78 is 1.34. The monoisotopic (exact) mass is 280 g/mol. The molecule has 2 heterocycles. The minimum absolute atomic E-state index is 0.0280. The highest BCUT2D eigenvalue weighted by Crippen LogP contribution is 2.13. The summed E-state index contributed by atoms with van der Waals surface area (Å²) in [4.78, 5) is 15.9. The zero-order chi connectivity index (χ0) is 14.7. The molecule has 3 rings (SSSR count). The third kappa shape index (κ3) is 2.79. The second kappa shape index (κ2) is 5.54. The predicted octanol–water partition coefficient (Wildman–Crippen LogP) is 0.786. The Morgan fingerprint density at radius 3 is 2.86 bits per heavy atom. The van der Waals surface area contributed by atoms with Gasteiger partial charge in [-0.3, -0.25) is 4.79 Å². The van der Waals surface area contributed by atoms with Crippen LogP contribution in [-0.4, -0.2) is 37.9 Å². The number of amides is 1. The molecule has 0 spiro atoms. The van der Waals surface area contributed by atoms with Gasteiger partial charge in [0, 0.05) is 6.42 Å². The van der Waals surface area contributed by atoms with E-state index < -0.39 is 0 Å². The Kier molecular flexibility index (Phi) is 3.43. The van der Waals surface area contributed by atoms with Gasteiger partial charge in [-0.15, -0.1) is 5.10 Å². The topological polar surface area (TPSA) is 87.2 Å². The number of aromatic nitrogens is 3. The van der Waals surface area contributed by atoms with Gasteiger partial charge in [-0.1, -0.05) is 30.3 Å². The Bertz CT molecular complexity index is 727. The first-order valence-electron chi connectivity index (χ1n) is 6.49. The molecule has 0 saturated heterocycles. The first-order chi connectivity index (χ1) is 10.3. The fraction of sp³-hybridized carbons (Fsp3) is 0.214. The van der Waals surface area contributed by atoms with Gasteiger partial charge in [0.2, 0.25) is 0 Å². The Balaban J connectivity index is 1.69. The summed E-state index contributed by atoms with van der Waals surface area (Å²) in [6.07, 6.45) is 2.10. The molecular formula is C14H12N6O. The summed E-state index contributed by atoms with van der Waals surface area (Å²) in [5.41, 5.74) is 1.93. The highest BCUT2D eigenvalue weighted by atomic mass is 16.2. The van der Waals surface area contributed by atoms with Crippen molar-refractivity contribution in [3.63, 3.8) is 0 Å². The molecule has 0 aliphatic carbocycles. The number of carbonyl (C=O) groups excluding carboxylic acids is 1. The van der Waals surface area contributed by atoms with Gasteiger partial charge in [0.1, 0.15) is 18.9 Å². The van der Waals surface area contributed by atoms with Crippen molar-refractivity contribution in [1.29, 1.82) is 5.26 Å². The largest absolute Gasteiger partial charge is 0.271 e. The Labute approximate surface area is 121 Å². The molecule has 7 nitrogen and oxygen atoms in total. The molecule has 1 aromatic heterocycles. The fourth-order valence-electron chi connectivity index (χ4n) is 2.11. The molecule has 0 radical (unpaired) electrons. The predicted molar refractivity (Wildman–Crippen MR) is 74.0 cm³/mol. The van der Waals surface area contributed by atoms with E-state index in [-0.39, 0.29) is 18.3 Å². The number of nitrogens with zero attached hydrogens (tertiary/aromatic N) is 6. The molecule has 1 aromatic carbocycles. The number of hydrogen-bond acceptors (Lipinski definition) is 5. The average Bonchev–Trinajstić information content (AvgIpc) is 3.17. The summed E-state index contributed by atoms with van der Waals surface area (Å²) in [7, 11) is 0.